The molecule has 0 amide bonds. The minimum atomic E-state index is -4.52. The molecule has 0 spiro atoms. The molecule has 0 radical (unpaired) electrons. The molecule has 0 saturated heterocycles. The van der Waals surface area contributed by atoms with Gasteiger partial charge in [-0.3, -0.25) is 9.79 Å². The SMILES string of the molecule is CCOC(=O)C1=C(C)N=C(Cc2ccccc2C(F)(F)F)C1=O. The van der Waals surface area contributed by atoms with Gasteiger partial charge in [0.2, 0.25) is 5.78 Å². The highest BCUT2D eigenvalue weighted by atomic mass is 19.4. The van der Waals surface area contributed by atoms with Crippen LogP contribution in [0.15, 0.2) is 40.5 Å². The molecular weight excluding hydrogens is 311 g/mol. The third kappa shape index (κ3) is 3.49. The lowest BCUT2D eigenvalue weighted by atomic mass is 9.98. The van der Waals surface area contributed by atoms with Crippen LogP contribution in [0, 0.1) is 0 Å². The highest BCUT2D eigenvalue weighted by molar-refractivity contribution is 6.53. The van der Waals surface area contributed by atoms with Gasteiger partial charge in [-0.25, -0.2) is 4.79 Å². The van der Waals surface area contributed by atoms with E-state index in [4.69, 9.17) is 4.74 Å². The number of hydrogen-bond donors (Lipinski definition) is 0. The zero-order valence-electron chi connectivity index (χ0n) is 12.5. The fourth-order valence-electron chi connectivity index (χ4n) is 2.31. The summed E-state index contributed by atoms with van der Waals surface area (Å²) in [5.41, 5.74) is -1.04. The molecule has 0 bridgehead atoms. The molecule has 4 nitrogen and oxygen atoms in total. The smallest absolute Gasteiger partial charge is 0.416 e. The van der Waals surface area contributed by atoms with Gasteiger partial charge in [0.05, 0.1) is 23.6 Å². The quantitative estimate of drug-likeness (QED) is 0.631. The molecule has 0 unspecified atom stereocenters. The number of ether oxygens (including phenoxy) is 1. The molecule has 0 aliphatic carbocycles. The molecule has 1 aliphatic heterocycles. The lowest BCUT2D eigenvalue weighted by Crippen LogP contribution is -2.22. The number of halogens is 3. The molecule has 0 fully saturated rings. The zero-order chi connectivity index (χ0) is 17.2. The molecule has 2 rings (SSSR count). The summed E-state index contributed by atoms with van der Waals surface area (Å²) in [4.78, 5) is 27.9. The molecule has 0 aromatic heterocycles. The van der Waals surface area contributed by atoms with Crippen LogP contribution in [0.4, 0.5) is 13.2 Å². The summed E-state index contributed by atoms with van der Waals surface area (Å²) in [7, 11) is 0. The maximum atomic E-state index is 13.0. The van der Waals surface area contributed by atoms with Gasteiger partial charge in [-0.15, -0.1) is 0 Å². The molecule has 0 atom stereocenters. The summed E-state index contributed by atoms with van der Waals surface area (Å²) < 4.78 is 43.7. The summed E-state index contributed by atoms with van der Waals surface area (Å²) in [5, 5.41) is 0. The molecule has 122 valence electrons. The average molecular weight is 325 g/mol. The van der Waals surface area contributed by atoms with E-state index in [1.807, 2.05) is 0 Å². The molecular formula is C16H14F3NO3. The summed E-state index contributed by atoms with van der Waals surface area (Å²) >= 11 is 0. The number of aliphatic imine (C=N–C) groups is 1. The number of nitrogens with zero attached hydrogens (tertiary/aromatic N) is 1. The van der Waals surface area contributed by atoms with E-state index in [9.17, 15) is 22.8 Å². The number of allylic oxidation sites excluding steroid dienone is 1. The number of alkyl halides is 3. The number of benzene rings is 1. The number of carbonyl (C=O) groups is 2. The van der Waals surface area contributed by atoms with Crippen LogP contribution >= 0.6 is 0 Å². The summed E-state index contributed by atoms with van der Waals surface area (Å²) in [6.07, 6.45) is -4.82. The van der Waals surface area contributed by atoms with Gasteiger partial charge in [0, 0.05) is 6.42 Å². The fraction of sp³-hybridized carbons (Fsp3) is 0.312. The molecule has 1 aliphatic rings. The van der Waals surface area contributed by atoms with Gasteiger partial charge in [-0.05, 0) is 25.5 Å². The van der Waals surface area contributed by atoms with E-state index in [2.05, 4.69) is 4.99 Å². The van der Waals surface area contributed by atoms with Gasteiger partial charge in [0.15, 0.2) is 0 Å². The lowest BCUT2D eigenvalue weighted by Gasteiger charge is -2.12. The minimum Gasteiger partial charge on any atom is -0.462 e. The van der Waals surface area contributed by atoms with Crippen molar-refractivity contribution < 1.29 is 27.5 Å². The predicted octanol–water partition coefficient (Wildman–Crippen LogP) is 3.11. The first-order valence-electron chi connectivity index (χ1n) is 6.91. The van der Waals surface area contributed by atoms with Crippen molar-refractivity contribution in [3.05, 3.63) is 46.7 Å². The largest absolute Gasteiger partial charge is 0.462 e. The van der Waals surface area contributed by atoms with Gasteiger partial charge in [-0.1, -0.05) is 18.2 Å². The molecule has 7 heteroatoms. The predicted molar refractivity (Wildman–Crippen MR) is 76.9 cm³/mol. The van der Waals surface area contributed by atoms with E-state index in [0.717, 1.165) is 6.07 Å². The number of ketones is 1. The van der Waals surface area contributed by atoms with E-state index in [1.165, 1.54) is 25.1 Å². The van der Waals surface area contributed by atoms with Crippen LogP contribution in [0.3, 0.4) is 0 Å². The van der Waals surface area contributed by atoms with E-state index < -0.39 is 23.5 Å². The first kappa shape index (κ1) is 16.9. The molecule has 1 heterocycles. The lowest BCUT2D eigenvalue weighted by molar-refractivity contribution is -0.140. The van der Waals surface area contributed by atoms with Crippen molar-refractivity contribution in [3.8, 4) is 0 Å². The highest BCUT2D eigenvalue weighted by Gasteiger charge is 2.36. The van der Waals surface area contributed by atoms with Crippen LogP contribution in [0.1, 0.15) is 25.0 Å². The molecule has 0 N–H and O–H groups in total. The number of esters is 1. The highest BCUT2D eigenvalue weighted by Crippen LogP contribution is 2.32. The Bertz CT molecular complexity index is 718. The van der Waals surface area contributed by atoms with Crippen LogP contribution in [0.25, 0.3) is 0 Å². The van der Waals surface area contributed by atoms with Crippen molar-refractivity contribution in [2.75, 3.05) is 6.61 Å². The standard InChI is InChI=1S/C16H14F3NO3/c1-3-23-15(22)13-9(2)20-12(14(13)21)8-10-6-4-5-7-11(10)16(17,18)19/h4-7H,3,8H2,1-2H3. The Labute approximate surface area is 130 Å². The Morgan fingerprint density at radius 1 is 1.26 bits per heavy atom. The van der Waals surface area contributed by atoms with Crippen molar-refractivity contribution in [2.45, 2.75) is 26.4 Å². The van der Waals surface area contributed by atoms with Gasteiger partial charge in [0.25, 0.3) is 0 Å². The van der Waals surface area contributed by atoms with Crippen molar-refractivity contribution in [2.24, 2.45) is 4.99 Å². The minimum absolute atomic E-state index is 0.0648. The summed E-state index contributed by atoms with van der Waals surface area (Å²) in [5.74, 6) is -1.49. The zero-order valence-corrected chi connectivity index (χ0v) is 12.5. The Morgan fingerprint density at radius 2 is 1.91 bits per heavy atom. The van der Waals surface area contributed by atoms with E-state index in [1.54, 1.807) is 6.92 Å². The van der Waals surface area contributed by atoms with Crippen molar-refractivity contribution >= 4 is 17.5 Å². The average Bonchev–Trinajstić information content (AvgIpc) is 2.73. The van der Waals surface area contributed by atoms with E-state index in [-0.39, 0.29) is 35.6 Å². The maximum Gasteiger partial charge on any atom is 0.416 e. The second-order valence-corrected chi connectivity index (χ2v) is 4.90. The number of carbonyl (C=O) groups excluding carboxylic acids is 2. The maximum absolute atomic E-state index is 13.0. The molecule has 0 saturated carbocycles. The number of Topliss-reactive ketones (excluding diaryl/α,β-unsaturated/α-hetero) is 1. The number of hydrogen-bond acceptors (Lipinski definition) is 4. The van der Waals surface area contributed by atoms with Gasteiger partial charge in [-0.2, -0.15) is 13.2 Å². The number of rotatable bonds is 4. The first-order chi connectivity index (χ1) is 10.8. The first-order valence-corrected chi connectivity index (χ1v) is 6.91. The molecule has 1 aromatic rings. The summed E-state index contributed by atoms with van der Waals surface area (Å²) in [6.45, 7) is 3.14. The molecule has 23 heavy (non-hydrogen) atoms. The monoisotopic (exact) mass is 325 g/mol. The normalized spacial score (nSPS) is 15.0. The Morgan fingerprint density at radius 3 is 2.52 bits per heavy atom. The Kier molecular flexibility index (Phi) is 4.68. The second kappa shape index (κ2) is 6.36. The third-order valence-corrected chi connectivity index (χ3v) is 3.31. The van der Waals surface area contributed by atoms with Crippen molar-refractivity contribution in [3.63, 3.8) is 0 Å². The van der Waals surface area contributed by atoms with Crippen LogP contribution in [0.5, 0.6) is 0 Å². The van der Waals surface area contributed by atoms with Gasteiger partial charge in [0.1, 0.15) is 5.57 Å². The second-order valence-electron chi connectivity index (χ2n) is 4.90. The van der Waals surface area contributed by atoms with Crippen molar-refractivity contribution in [1.82, 2.24) is 0 Å². The third-order valence-electron chi connectivity index (χ3n) is 3.31. The van der Waals surface area contributed by atoms with Gasteiger partial charge < -0.3 is 4.74 Å². The van der Waals surface area contributed by atoms with Crippen molar-refractivity contribution in [1.29, 1.82) is 0 Å². The van der Waals surface area contributed by atoms with Gasteiger partial charge >= 0.3 is 12.1 Å². The van der Waals surface area contributed by atoms with Crippen LogP contribution in [0.2, 0.25) is 0 Å². The fourth-order valence-corrected chi connectivity index (χ4v) is 2.31. The molecule has 1 aromatic carbocycles. The topological polar surface area (TPSA) is 55.7 Å². The summed E-state index contributed by atoms with van der Waals surface area (Å²) in [6, 6.07) is 4.97. The van der Waals surface area contributed by atoms with Crippen LogP contribution in [-0.2, 0) is 26.9 Å². The Balaban J connectivity index is 2.27. The Hall–Kier alpha value is -2.44. The van der Waals surface area contributed by atoms with E-state index in [0.29, 0.717) is 0 Å². The van der Waals surface area contributed by atoms with Crippen LogP contribution < -0.4 is 0 Å². The van der Waals surface area contributed by atoms with E-state index >= 15 is 0 Å². The van der Waals surface area contributed by atoms with Crippen LogP contribution in [-0.4, -0.2) is 24.1 Å².